The van der Waals surface area contributed by atoms with Gasteiger partial charge in [0, 0.05) is 6.17 Å². The monoisotopic (exact) mass is 241 g/mol. The first-order valence-electron chi connectivity index (χ1n) is 7.72. The second kappa shape index (κ2) is 3.96. The number of nitrogens with zero attached hydrogens (tertiary/aromatic N) is 2. The summed E-state index contributed by atoms with van der Waals surface area (Å²) >= 11 is 0. The fourth-order valence-corrected chi connectivity index (χ4v) is 1.46. The zero-order valence-corrected chi connectivity index (χ0v) is 10.2. The molecule has 0 spiro atoms. The molecular weight excluding hydrogens is 219 g/mol. The van der Waals surface area contributed by atoms with E-state index in [0.717, 1.165) is 0 Å². The maximum absolute atomic E-state index is 7.89. The molecule has 0 atom stereocenters. The molecular formula is C11H17BN2O3. The fraction of sp³-hybridized carbons (Fsp3) is 0.636. The molecule has 17 heavy (non-hydrogen) atoms. The van der Waals surface area contributed by atoms with Gasteiger partial charge < -0.3 is 14.0 Å². The van der Waals surface area contributed by atoms with Gasteiger partial charge in [-0.25, -0.2) is 9.97 Å². The van der Waals surface area contributed by atoms with Gasteiger partial charge in [0.1, 0.15) is 7.67 Å². The van der Waals surface area contributed by atoms with E-state index in [1.54, 1.807) is 0 Å². The average molecular weight is 241 g/mol. The van der Waals surface area contributed by atoms with Gasteiger partial charge in [-0.3, -0.25) is 0 Å². The largest absolute Gasteiger partial charge is 0.502 e. The quantitative estimate of drug-likeness (QED) is 0.716. The van der Waals surface area contributed by atoms with Gasteiger partial charge in [-0.15, -0.1) is 0 Å². The molecule has 0 aromatic carbocycles. The van der Waals surface area contributed by atoms with E-state index in [1.807, 2.05) is 27.7 Å². The van der Waals surface area contributed by atoms with E-state index in [4.69, 9.17) is 20.9 Å². The highest BCUT2D eigenvalue weighted by Gasteiger charge is 2.52. The average Bonchev–Trinajstić information content (AvgIpc) is 2.43. The lowest BCUT2D eigenvalue weighted by atomic mass is 9.81. The zero-order chi connectivity index (χ0) is 16.9. The minimum Gasteiger partial charge on any atom is -0.481 e. The highest BCUT2D eigenvalue weighted by Crippen LogP contribution is 2.36. The van der Waals surface area contributed by atoms with Crippen molar-refractivity contribution in [2.75, 3.05) is 7.04 Å². The Morgan fingerprint density at radius 1 is 1.35 bits per heavy atom. The highest BCUT2D eigenvalue weighted by atomic mass is 16.7. The number of aromatic nitrogens is 2. The minimum absolute atomic E-state index is 0.0363. The van der Waals surface area contributed by atoms with Crippen LogP contribution in [0.25, 0.3) is 0 Å². The Bertz CT molecular complexity index is 578. The van der Waals surface area contributed by atoms with E-state index in [9.17, 15) is 0 Å². The van der Waals surface area contributed by atoms with Crippen molar-refractivity contribution in [3.63, 3.8) is 0 Å². The molecule has 1 saturated heterocycles. The Kier molecular flexibility index (Phi) is 1.71. The van der Waals surface area contributed by atoms with Crippen LogP contribution in [0.4, 0.5) is 0 Å². The molecule has 1 aromatic heterocycles. The third-order valence-electron chi connectivity index (χ3n) is 3.19. The molecule has 2 rings (SSSR count). The summed E-state index contributed by atoms with van der Waals surface area (Å²) in [6.07, 6.45) is -0.873. The summed E-state index contributed by atoms with van der Waals surface area (Å²) in [6.45, 7) is 7.28. The first-order chi connectivity index (χ1) is 9.82. The van der Waals surface area contributed by atoms with Crippen molar-refractivity contribution in [1.29, 1.82) is 0 Å². The van der Waals surface area contributed by atoms with Crippen LogP contribution in [0.2, 0.25) is 0 Å². The van der Waals surface area contributed by atoms with E-state index >= 15 is 0 Å². The van der Waals surface area contributed by atoms with Gasteiger partial charge in [0.05, 0.1) is 29.2 Å². The zero-order valence-electron chi connectivity index (χ0n) is 15.2. The van der Waals surface area contributed by atoms with Crippen LogP contribution in [0.3, 0.4) is 0 Å². The SMILES string of the molecule is [2H]c1nc([2H])c(B2OC(C)(C)C(C)(C)O2)c(OC([2H])([2H])[2H])n1. The Labute approximate surface area is 109 Å². The molecule has 1 aliphatic rings. The van der Waals surface area contributed by atoms with Crippen LogP contribution in [0.5, 0.6) is 5.88 Å². The van der Waals surface area contributed by atoms with Gasteiger partial charge in [0.25, 0.3) is 0 Å². The fourth-order valence-electron chi connectivity index (χ4n) is 1.46. The van der Waals surface area contributed by atoms with Crippen LogP contribution in [0, 0.1) is 0 Å². The minimum atomic E-state index is -2.77. The molecule has 1 aromatic rings. The molecule has 6 heteroatoms. The van der Waals surface area contributed by atoms with Crippen LogP contribution in [-0.4, -0.2) is 35.3 Å². The van der Waals surface area contributed by atoms with Crippen molar-refractivity contribution >= 4 is 12.6 Å². The van der Waals surface area contributed by atoms with Crippen molar-refractivity contribution < 1.29 is 20.9 Å². The standard InChI is InChI=1S/C11H17BN2O3/c1-10(2)11(3,4)17-12(16-10)8-6-13-7-14-9(8)15-5/h6-7H,1-5H3/i5D3,6D,7D. The van der Waals surface area contributed by atoms with Gasteiger partial charge in [-0.05, 0) is 27.7 Å². The predicted molar refractivity (Wildman–Crippen MR) is 64.3 cm³/mol. The number of ether oxygens (including phenoxy) is 1. The molecule has 1 fully saturated rings. The summed E-state index contributed by atoms with van der Waals surface area (Å²) in [4.78, 5) is 7.26. The van der Waals surface area contributed by atoms with Gasteiger partial charge in [-0.1, -0.05) is 0 Å². The smallest absolute Gasteiger partial charge is 0.481 e. The van der Waals surface area contributed by atoms with E-state index in [1.165, 1.54) is 0 Å². The summed E-state index contributed by atoms with van der Waals surface area (Å²) in [5.74, 6) is -0.400. The van der Waals surface area contributed by atoms with Crippen molar-refractivity contribution in [3.8, 4) is 5.88 Å². The van der Waals surface area contributed by atoms with Gasteiger partial charge in [0.15, 0.2) is 0 Å². The second-order valence-electron chi connectivity index (χ2n) is 4.84. The van der Waals surface area contributed by atoms with Crippen molar-refractivity contribution in [2.24, 2.45) is 0 Å². The molecule has 0 aliphatic carbocycles. The first-order valence-corrected chi connectivity index (χ1v) is 5.22. The van der Waals surface area contributed by atoms with Crippen LogP contribution in [0.15, 0.2) is 12.5 Å². The lowest BCUT2D eigenvalue weighted by Gasteiger charge is -2.32. The molecule has 0 bridgehead atoms. The van der Waals surface area contributed by atoms with Crippen molar-refractivity contribution in [1.82, 2.24) is 9.97 Å². The Morgan fingerprint density at radius 3 is 2.59 bits per heavy atom. The Hall–Kier alpha value is -1.14. The second-order valence-corrected chi connectivity index (χ2v) is 4.84. The highest BCUT2D eigenvalue weighted by molar-refractivity contribution is 6.62. The molecule has 2 heterocycles. The lowest BCUT2D eigenvalue weighted by molar-refractivity contribution is 0.00578. The maximum Gasteiger partial charge on any atom is 0.502 e. The molecule has 5 nitrogen and oxygen atoms in total. The summed E-state index contributed by atoms with van der Waals surface area (Å²) in [5, 5.41) is 0. The Morgan fingerprint density at radius 2 is 2.00 bits per heavy atom. The predicted octanol–water partition coefficient (Wildman–Crippen LogP) is 0.784. The third kappa shape index (κ3) is 2.02. The number of methoxy groups -OCH3 is 1. The number of hydrogen-bond donors (Lipinski definition) is 0. The first kappa shape index (κ1) is 7.33. The summed E-state index contributed by atoms with van der Waals surface area (Å²) < 4.78 is 53.2. The van der Waals surface area contributed by atoms with Crippen molar-refractivity contribution in [3.05, 3.63) is 12.5 Å². The summed E-state index contributed by atoms with van der Waals surface area (Å²) in [5.41, 5.74) is -1.40. The van der Waals surface area contributed by atoms with Crippen LogP contribution < -0.4 is 10.2 Å². The van der Waals surface area contributed by atoms with Gasteiger partial charge in [-0.2, -0.15) is 0 Å². The molecule has 0 unspecified atom stereocenters. The van der Waals surface area contributed by atoms with E-state index in [0.29, 0.717) is 0 Å². The van der Waals surface area contributed by atoms with Crippen molar-refractivity contribution in [2.45, 2.75) is 38.9 Å². The maximum atomic E-state index is 7.89. The van der Waals surface area contributed by atoms with E-state index in [2.05, 4.69) is 9.97 Å². The Balaban J connectivity index is 2.47. The molecule has 0 radical (unpaired) electrons. The van der Waals surface area contributed by atoms with E-state index in [-0.39, 0.29) is 11.6 Å². The van der Waals surface area contributed by atoms with Crippen LogP contribution in [-0.2, 0) is 9.31 Å². The molecule has 0 N–H and O–H groups in total. The number of hydrogen-bond acceptors (Lipinski definition) is 5. The summed E-state index contributed by atoms with van der Waals surface area (Å²) in [6, 6.07) is 0. The number of rotatable bonds is 2. The van der Waals surface area contributed by atoms with E-state index < -0.39 is 37.5 Å². The summed E-state index contributed by atoms with van der Waals surface area (Å²) in [7, 11) is -3.82. The molecule has 92 valence electrons. The molecule has 0 amide bonds. The van der Waals surface area contributed by atoms with Crippen LogP contribution in [0.1, 0.15) is 34.5 Å². The third-order valence-corrected chi connectivity index (χ3v) is 3.19. The van der Waals surface area contributed by atoms with Gasteiger partial charge >= 0.3 is 7.12 Å². The normalized spacial score (nSPS) is 26.6. The van der Waals surface area contributed by atoms with Gasteiger partial charge in [0.2, 0.25) is 5.88 Å². The molecule has 0 saturated carbocycles. The molecule has 1 aliphatic heterocycles. The lowest BCUT2D eigenvalue weighted by Crippen LogP contribution is -2.41. The van der Waals surface area contributed by atoms with Crippen LogP contribution >= 0.6 is 0 Å². The topological polar surface area (TPSA) is 53.5 Å².